The van der Waals surface area contributed by atoms with Crippen LogP contribution in [0.2, 0.25) is 0 Å². The van der Waals surface area contributed by atoms with Crippen molar-refractivity contribution in [3.05, 3.63) is 47.8 Å². The van der Waals surface area contributed by atoms with Crippen LogP contribution < -0.4 is 5.73 Å². The van der Waals surface area contributed by atoms with Gasteiger partial charge in [-0.1, -0.05) is 0 Å². The number of anilines is 1. The molecule has 0 aromatic carbocycles. The zero-order valence-corrected chi connectivity index (χ0v) is 22.8. The predicted octanol–water partition coefficient (Wildman–Crippen LogP) is 4.60. The van der Waals surface area contributed by atoms with E-state index in [0.717, 1.165) is 23.8 Å². The number of hydrogen-bond acceptors (Lipinski definition) is 10. The summed E-state index contributed by atoms with van der Waals surface area (Å²) in [5.74, 6) is 0.607. The van der Waals surface area contributed by atoms with Crippen molar-refractivity contribution >= 4 is 59.4 Å². The van der Waals surface area contributed by atoms with E-state index in [-0.39, 0.29) is 5.75 Å². The number of carbonyl (C=O) groups is 1. The largest absolute Gasteiger partial charge is 0.368 e. The molecule has 0 bridgehead atoms. The molecule has 0 amide bonds. The summed E-state index contributed by atoms with van der Waals surface area (Å²) in [6.45, 7) is 4.51. The van der Waals surface area contributed by atoms with Crippen molar-refractivity contribution in [1.82, 2.24) is 29.8 Å². The minimum atomic E-state index is -2.45. The first-order chi connectivity index (χ1) is 18.3. The second kappa shape index (κ2) is 14.9. The lowest BCUT2D eigenvalue weighted by atomic mass is 10.1. The Morgan fingerprint density at radius 1 is 1.37 bits per heavy atom. The number of nitrogen functional groups attached to an aromatic ring is 1. The average Bonchev–Trinajstić information content (AvgIpc) is 3.39. The van der Waals surface area contributed by atoms with Crippen LogP contribution >= 0.6 is 24.4 Å². The number of aliphatic imine (C=N–C) groups is 1. The van der Waals surface area contributed by atoms with Gasteiger partial charge in [0.25, 0.3) is 0 Å². The monoisotopic (exact) mass is 562 g/mol. The summed E-state index contributed by atoms with van der Waals surface area (Å²) in [4.78, 5) is 36.5. The number of thiol groups is 1. The Morgan fingerprint density at radius 2 is 2.13 bits per heavy atom. The van der Waals surface area contributed by atoms with Crippen LogP contribution in [0.1, 0.15) is 48.7 Å². The minimum absolute atomic E-state index is 0.234. The molecular weight excluding hydrogens is 530 g/mol. The molecule has 3 aromatic heterocycles. The van der Waals surface area contributed by atoms with E-state index in [9.17, 15) is 13.6 Å². The number of rotatable bonds is 8. The quantitative estimate of drug-likeness (QED) is 0.207. The Kier molecular flexibility index (Phi) is 11.6. The van der Waals surface area contributed by atoms with Gasteiger partial charge >= 0.3 is 0 Å². The number of nitrogens with two attached hydrogens (primary N) is 1. The second-order valence-electron chi connectivity index (χ2n) is 8.72. The maximum Gasteiger partial charge on any atom is 0.242 e. The number of carbonyl (C=O) groups excluding carboxylic acids is 1. The van der Waals surface area contributed by atoms with E-state index >= 15 is 0 Å². The van der Waals surface area contributed by atoms with Crippen LogP contribution in [-0.2, 0) is 11.2 Å². The summed E-state index contributed by atoms with van der Waals surface area (Å²) >= 11 is 5.31. The number of aldehydes is 1. The Morgan fingerprint density at radius 3 is 2.71 bits per heavy atom. The zero-order chi connectivity index (χ0) is 27.5. The van der Waals surface area contributed by atoms with Crippen LogP contribution in [0.4, 0.5) is 14.7 Å². The number of aromatic amines is 1. The third-order valence-electron chi connectivity index (χ3n) is 5.71. The third-order valence-corrected chi connectivity index (χ3v) is 7.15. The molecule has 3 N–H and O–H groups in total. The van der Waals surface area contributed by atoms with Crippen molar-refractivity contribution in [2.24, 2.45) is 4.99 Å². The van der Waals surface area contributed by atoms with E-state index in [0.29, 0.717) is 39.3 Å². The number of aromatic nitrogens is 5. The molecular formula is C25H32F2N8OS2. The van der Waals surface area contributed by atoms with E-state index in [1.54, 1.807) is 6.20 Å². The SMILES string of the molecule is C=N/C=C(\SCC=O)c1cnc2[nH]cc(CC(F)F)c2n1.CN1CCCC1c1ccnc(N)n1.SC1CC1. The van der Waals surface area contributed by atoms with Crippen LogP contribution in [-0.4, -0.2) is 73.8 Å². The average molecular weight is 563 g/mol. The predicted molar refractivity (Wildman–Crippen MR) is 153 cm³/mol. The molecule has 1 unspecified atom stereocenters. The Bertz CT molecular complexity index is 1240. The smallest absolute Gasteiger partial charge is 0.242 e. The first-order valence-electron chi connectivity index (χ1n) is 12.1. The number of alkyl halides is 2. The lowest BCUT2D eigenvalue weighted by molar-refractivity contribution is -0.105. The van der Waals surface area contributed by atoms with Gasteiger partial charge < -0.3 is 15.5 Å². The summed E-state index contributed by atoms with van der Waals surface area (Å²) in [7, 11) is 2.12. The van der Waals surface area contributed by atoms with Gasteiger partial charge in [0.15, 0.2) is 5.65 Å². The molecule has 1 aliphatic carbocycles. The lowest BCUT2D eigenvalue weighted by Gasteiger charge is -2.18. The highest BCUT2D eigenvalue weighted by Crippen LogP contribution is 2.29. The molecule has 2 aliphatic rings. The third kappa shape index (κ3) is 9.14. The number of nitrogens with zero attached hydrogens (tertiary/aromatic N) is 6. The maximum atomic E-state index is 12.5. The van der Waals surface area contributed by atoms with Gasteiger partial charge in [-0.25, -0.2) is 28.7 Å². The molecule has 1 saturated heterocycles. The van der Waals surface area contributed by atoms with Gasteiger partial charge in [-0.05, 0) is 52.1 Å². The van der Waals surface area contributed by atoms with Crippen LogP contribution in [0.3, 0.4) is 0 Å². The molecule has 0 radical (unpaired) electrons. The number of thioether (sulfide) groups is 1. The summed E-state index contributed by atoms with van der Waals surface area (Å²) in [6, 6.07) is 2.38. The molecule has 5 rings (SSSR count). The lowest BCUT2D eigenvalue weighted by Crippen LogP contribution is -2.18. The standard InChI is InChI=1S/C13H12F2N4OS.C9H14N4.C3H6S/c1-16-7-10(21-3-2-20)9-6-18-13-12(19-9)8(5-17-13)4-11(14)15;1-13-6-2-3-8(13)7-4-5-11-9(10)12-7;4-3-1-2-3/h2,5-7,11H,1,3-4H2,(H,17,18);4-5,8H,2-3,6H2,1H3,(H2,10,11,12);3-4H,1-2H2/b10-7-;;. The van der Waals surface area contributed by atoms with Crippen molar-refractivity contribution in [2.75, 3.05) is 25.1 Å². The fourth-order valence-electron chi connectivity index (χ4n) is 3.70. The van der Waals surface area contributed by atoms with Crippen LogP contribution in [0.15, 0.2) is 35.8 Å². The van der Waals surface area contributed by atoms with Gasteiger partial charge in [-0.3, -0.25) is 9.89 Å². The van der Waals surface area contributed by atoms with Gasteiger partial charge in [-0.2, -0.15) is 12.6 Å². The zero-order valence-electron chi connectivity index (χ0n) is 21.1. The maximum absolute atomic E-state index is 12.5. The summed E-state index contributed by atoms with van der Waals surface area (Å²) in [6.07, 6.45) is 9.19. The summed E-state index contributed by atoms with van der Waals surface area (Å²) in [5, 5.41) is 0.778. The summed E-state index contributed by atoms with van der Waals surface area (Å²) in [5.41, 5.74) is 8.29. The van der Waals surface area contributed by atoms with Crippen molar-refractivity contribution in [2.45, 2.75) is 49.8 Å². The van der Waals surface area contributed by atoms with Crippen LogP contribution in [0, 0.1) is 0 Å². The number of H-pyrrole nitrogens is 1. The molecule has 9 nitrogen and oxygen atoms in total. The van der Waals surface area contributed by atoms with E-state index in [1.807, 2.05) is 6.07 Å². The van der Waals surface area contributed by atoms with Gasteiger partial charge in [0.2, 0.25) is 12.4 Å². The number of fused-ring (bicyclic) bond motifs is 1. The van der Waals surface area contributed by atoms with E-state index < -0.39 is 12.8 Å². The molecule has 38 heavy (non-hydrogen) atoms. The van der Waals surface area contributed by atoms with Gasteiger partial charge in [-0.15, -0.1) is 11.8 Å². The first kappa shape index (κ1) is 29.7. The van der Waals surface area contributed by atoms with Crippen molar-refractivity contribution in [1.29, 1.82) is 0 Å². The molecule has 4 heterocycles. The fraction of sp³-hybridized carbons (Fsp3) is 0.440. The highest BCUT2D eigenvalue weighted by atomic mass is 32.2. The second-order valence-corrected chi connectivity index (χ2v) is 10.5. The molecule has 2 fully saturated rings. The number of nitrogens with one attached hydrogen (secondary N) is 1. The fourth-order valence-corrected chi connectivity index (χ4v) is 4.49. The first-order valence-corrected chi connectivity index (χ1v) is 13.6. The highest BCUT2D eigenvalue weighted by Gasteiger charge is 2.23. The van der Waals surface area contributed by atoms with E-state index in [2.05, 4.69) is 61.2 Å². The van der Waals surface area contributed by atoms with Gasteiger partial charge in [0.1, 0.15) is 11.8 Å². The molecule has 13 heteroatoms. The number of likely N-dealkylation sites (tertiary alicyclic amines) is 1. The van der Waals surface area contributed by atoms with Crippen LogP contribution in [0.25, 0.3) is 16.1 Å². The van der Waals surface area contributed by atoms with E-state index in [4.69, 9.17) is 5.73 Å². The molecule has 1 saturated carbocycles. The summed E-state index contributed by atoms with van der Waals surface area (Å²) < 4.78 is 25.1. The molecule has 1 aliphatic heterocycles. The van der Waals surface area contributed by atoms with Crippen molar-refractivity contribution in [3.8, 4) is 0 Å². The molecule has 204 valence electrons. The Balaban J connectivity index is 0.000000197. The van der Waals surface area contributed by atoms with Gasteiger partial charge in [0, 0.05) is 35.8 Å². The topological polar surface area (TPSA) is 126 Å². The molecule has 3 aromatic rings. The molecule has 0 spiro atoms. The number of hydrogen-bond donors (Lipinski definition) is 3. The van der Waals surface area contributed by atoms with E-state index in [1.165, 1.54) is 56.0 Å². The van der Waals surface area contributed by atoms with Crippen molar-refractivity contribution in [3.63, 3.8) is 0 Å². The number of halogens is 2. The normalized spacial score (nSPS) is 17.5. The van der Waals surface area contributed by atoms with Crippen molar-refractivity contribution < 1.29 is 13.6 Å². The Hall–Kier alpha value is -2.90. The van der Waals surface area contributed by atoms with Crippen LogP contribution in [0.5, 0.6) is 0 Å². The highest BCUT2D eigenvalue weighted by molar-refractivity contribution is 8.08. The Labute approximate surface area is 230 Å². The molecule has 1 atom stereocenters. The minimum Gasteiger partial charge on any atom is -0.368 e. The van der Waals surface area contributed by atoms with Gasteiger partial charge in [0.05, 0.1) is 34.3 Å².